The van der Waals surface area contributed by atoms with Crippen molar-refractivity contribution in [3.8, 4) is 0 Å². The Kier molecular flexibility index (Phi) is 2.96. The number of hydrogen-bond donors (Lipinski definition) is 2. The van der Waals surface area contributed by atoms with Crippen molar-refractivity contribution in [1.82, 2.24) is 9.46 Å². The number of rotatable bonds is 0. The summed E-state index contributed by atoms with van der Waals surface area (Å²) in [5, 5.41) is 18.6. The predicted molar refractivity (Wildman–Crippen MR) is 54.9 cm³/mol. The minimum atomic E-state index is -2.28. The summed E-state index contributed by atoms with van der Waals surface area (Å²) in [7, 11) is 0. The van der Waals surface area contributed by atoms with Crippen LogP contribution in [0, 0.1) is 6.92 Å². The second-order valence-corrected chi connectivity index (χ2v) is 3.73. The van der Waals surface area contributed by atoms with Crippen molar-refractivity contribution in [2.75, 3.05) is 0 Å². The van der Waals surface area contributed by atoms with Gasteiger partial charge in [-0.3, -0.25) is 4.79 Å². The number of aryl methyl sites for hydroxylation is 1. The van der Waals surface area contributed by atoms with E-state index in [1.165, 1.54) is 6.92 Å². The number of aromatic nitrogens is 2. The lowest BCUT2D eigenvalue weighted by Gasteiger charge is -2.11. The summed E-state index contributed by atoms with van der Waals surface area (Å²) in [6, 6.07) is 0. The quantitative estimate of drug-likeness (QED) is 0.487. The molecule has 0 saturated carbocycles. The lowest BCUT2D eigenvalue weighted by atomic mass is 10.2. The fraction of sp³-hybridized carbons (Fsp3) is 0.333. The van der Waals surface area contributed by atoms with Crippen molar-refractivity contribution in [2.45, 2.75) is 19.1 Å². The van der Waals surface area contributed by atoms with Crippen LogP contribution >= 0.6 is 0 Å². The van der Waals surface area contributed by atoms with Gasteiger partial charge in [0, 0.05) is 5.56 Å². The Morgan fingerprint density at radius 2 is 1.58 bits per heavy atom. The maximum Gasteiger partial charge on any atom is 0.398 e. The predicted octanol–water partition coefficient (Wildman–Crippen LogP) is -4.04. The molecule has 0 radical (unpaired) electrons. The lowest BCUT2D eigenvalue weighted by molar-refractivity contribution is -0.170. The third-order valence-electron chi connectivity index (χ3n) is 2.35. The smallest absolute Gasteiger partial charge is 0.379 e. The molecule has 0 aromatic carbocycles. The van der Waals surface area contributed by atoms with E-state index in [1.54, 1.807) is 0 Å². The van der Waals surface area contributed by atoms with Crippen LogP contribution in [-0.2, 0) is 9.59 Å². The zero-order chi connectivity index (χ0) is 14.3. The van der Waals surface area contributed by atoms with Crippen LogP contribution in [0.15, 0.2) is 15.8 Å². The SMILES string of the molecule is Cc1cn2c(=O)n(c1=O)OC(=O)C(O)C(O)C(=O)O2. The van der Waals surface area contributed by atoms with Crippen LogP contribution in [0.1, 0.15) is 5.56 Å². The summed E-state index contributed by atoms with van der Waals surface area (Å²) < 4.78 is 0.333. The third-order valence-corrected chi connectivity index (χ3v) is 2.35. The monoisotopic (exact) mass is 272 g/mol. The van der Waals surface area contributed by atoms with Gasteiger partial charge in [-0.2, -0.15) is 0 Å². The molecule has 0 amide bonds. The average molecular weight is 272 g/mol. The topological polar surface area (TPSA) is 137 Å². The van der Waals surface area contributed by atoms with Crippen LogP contribution in [0.3, 0.4) is 0 Å². The number of aliphatic hydroxyl groups excluding tert-OH is 2. The molecule has 102 valence electrons. The van der Waals surface area contributed by atoms with Gasteiger partial charge in [0.05, 0.1) is 6.20 Å². The molecule has 1 aliphatic rings. The van der Waals surface area contributed by atoms with Crippen LogP contribution in [0.25, 0.3) is 0 Å². The second-order valence-electron chi connectivity index (χ2n) is 3.73. The van der Waals surface area contributed by atoms with E-state index in [9.17, 15) is 29.4 Å². The molecule has 0 fully saturated rings. The van der Waals surface area contributed by atoms with Crippen LogP contribution in [0.4, 0.5) is 0 Å². The first-order chi connectivity index (χ1) is 8.82. The van der Waals surface area contributed by atoms with E-state index < -0.39 is 35.4 Å². The Hall–Kier alpha value is -2.46. The van der Waals surface area contributed by atoms with Crippen molar-refractivity contribution in [1.29, 1.82) is 0 Å². The number of carbonyl (C=O) groups excluding carboxylic acids is 2. The lowest BCUT2D eigenvalue weighted by Crippen LogP contribution is -2.48. The van der Waals surface area contributed by atoms with E-state index >= 15 is 0 Å². The molecule has 0 saturated heterocycles. The van der Waals surface area contributed by atoms with E-state index in [1.807, 2.05) is 0 Å². The molecule has 2 rings (SSSR count). The van der Waals surface area contributed by atoms with Crippen LogP contribution in [-0.4, -0.2) is 43.8 Å². The molecule has 2 N–H and O–H groups in total. The summed E-state index contributed by atoms with van der Waals surface area (Å²) in [6.07, 6.45) is -3.64. The Morgan fingerprint density at radius 3 is 2.16 bits per heavy atom. The molecule has 2 heterocycles. The molecule has 1 aliphatic heterocycles. The highest BCUT2D eigenvalue weighted by atomic mass is 16.7. The van der Waals surface area contributed by atoms with Gasteiger partial charge in [-0.25, -0.2) is 14.4 Å². The molecule has 2 unspecified atom stereocenters. The zero-order valence-electron chi connectivity index (χ0n) is 9.47. The maximum atomic E-state index is 11.7. The minimum Gasteiger partial charge on any atom is -0.379 e. The standard InChI is InChI=1S/C9H8N2O8/c1-3-2-10-9(17)11(6(3)14)19-8(16)5(13)4(12)7(15)18-10/h2,4-5,12-13H,1H3. The van der Waals surface area contributed by atoms with Crippen molar-refractivity contribution in [3.05, 3.63) is 32.6 Å². The molecule has 10 heteroatoms. The summed E-state index contributed by atoms with van der Waals surface area (Å²) >= 11 is 0. The Labute approximate surface area is 103 Å². The minimum absolute atomic E-state index is 0.0200. The van der Waals surface area contributed by atoms with Crippen LogP contribution in [0.2, 0.25) is 0 Å². The molecular weight excluding hydrogens is 264 g/mol. The summed E-state index contributed by atoms with van der Waals surface area (Å²) in [4.78, 5) is 54.7. The number of aliphatic hydroxyl groups is 2. The largest absolute Gasteiger partial charge is 0.398 e. The van der Waals surface area contributed by atoms with E-state index in [-0.39, 0.29) is 10.3 Å². The van der Waals surface area contributed by atoms with Gasteiger partial charge in [0.1, 0.15) is 0 Å². The van der Waals surface area contributed by atoms with E-state index in [2.05, 4.69) is 9.68 Å². The number of carbonyl (C=O) groups is 2. The Morgan fingerprint density at radius 1 is 1.05 bits per heavy atom. The molecule has 0 spiro atoms. The van der Waals surface area contributed by atoms with E-state index in [0.29, 0.717) is 4.73 Å². The summed E-state index contributed by atoms with van der Waals surface area (Å²) in [5.74, 6) is -2.99. The molecule has 1 aromatic heterocycles. The van der Waals surface area contributed by atoms with Gasteiger partial charge in [0.25, 0.3) is 5.56 Å². The Balaban J connectivity index is 2.70. The fourth-order valence-corrected chi connectivity index (χ4v) is 1.32. The second kappa shape index (κ2) is 4.33. The van der Waals surface area contributed by atoms with E-state index in [4.69, 9.17) is 0 Å². The molecule has 2 bridgehead atoms. The first kappa shape index (κ1) is 13.0. The van der Waals surface area contributed by atoms with Crippen molar-refractivity contribution in [2.24, 2.45) is 0 Å². The van der Waals surface area contributed by atoms with E-state index in [0.717, 1.165) is 6.20 Å². The molecule has 10 nitrogen and oxygen atoms in total. The van der Waals surface area contributed by atoms with Gasteiger partial charge in [0.2, 0.25) is 0 Å². The highest BCUT2D eigenvalue weighted by molar-refractivity contribution is 5.85. The van der Waals surface area contributed by atoms with Gasteiger partial charge >= 0.3 is 17.6 Å². The summed E-state index contributed by atoms with van der Waals surface area (Å²) in [6.45, 7) is 1.28. The Bertz CT molecular complexity index is 672. The normalized spacial score (nSPS) is 22.9. The molecular formula is C9H8N2O8. The first-order valence-electron chi connectivity index (χ1n) is 4.98. The van der Waals surface area contributed by atoms with Gasteiger partial charge in [-0.1, -0.05) is 4.73 Å². The van der Waals surface area contributed by atoms with Crippen LogP contribution in [0.5, 0.6) is 0 Å². The van der Waals surface area contributed by atoms with Gasteiger partial charge in [-0.05, 0) is 6.92 Å². The maximum absolute atomic E-state index is 11.7. The highest BCUT2D eigenvalue weighted by Crippen LogP contribution is 1.98. The number of nitrogens with zero attached hydrogens (tertiary/aromatic N) is 2. The fourth-order valence-electron chi connectivity index (χ4n) is 1.32. The van der Waals surface area contributed by atoms with Crippen LogP contribution < -0.4 is 20.9 Å². The average Bonchev–Trinajstić information content (AvgIpc) is 2.39. The summed E-state index contributed by atoms with van der Waals surface area (Å²) in [5.41, 5.74) is -2.29. The first-order valence-corrected chi connectivity index (χ1v) is 4.98. The zero-order valence-corrected chi connectivity index (χ0v) is 9.47. The highest BCUT2D eigenvalue weighted by Gasteiger charge is 2.36. The number of fused-ring (bicyclic) bond motifs is 2. The molecule has 0 aliphatic carbocycles. The molecule has 1 aromatic rings. The van der Waals surface area contributed by atoms with Crippen molar-refractivity contribution >= 4 is 11.9 Å². The molecule has 19 heavy (non-hydrogen) atoms. The molecule has 2 atom stereocenters. The van der Waals surface area contributed by atoms with Crippen molar-refractivity contribution < 1.29 is 29.5 Å². The van der Waals surface area contributed by atoms with Gasteiger partial charge in [0.15, 0.2) is 12.2 Å². The van der Waals surface area contributed by atoms with Gasteiger partial charge < -0.3 is 19.9 Å². The third kappa shape index (κ3) is 2.02. The van der Waals surface area contributed by atoms with Crippen molar-refractivity contribution in [3.63, 3.8) is 0 Å². The van der Waals surface area contributed by atoms with Gasteiger partial charge in [-0.15, -0.1) is 4.73 Å². The number of hydrogen-bond acceptors (Lipinski definition) is 8.